The van der Waals surface area contributed by atoms with Gasteiger partial charge in [0.05, 0.1) is 32.1 Å². The minimum Gasteiger partial charge on any atom is -0.497 e. The number of carbonyl (C=O) groups is 1. The average molecular weight is 376 g/mol. The lowest BCUT2D eigenvalue weighted by molar-refractivity contribution is -0.0698. The van der Waals surface area contributed by atoms with Gasteiger partial charge in [-0.05, 0) is 38.5 Å². The molecule has 7 nitrogen and oxygen atoms in total. The van der Waals surface area contributed by atoms with E-state index in [4.69, 9.17) is 15.2 Å². The quantitative estimate of drug-likeness (QED) is 0.887. The van der Waals surface area contributed by atoms with Gasteiger partial charge >= 0.3 is 6.09 Å². The summed E-state index contributed by atoms with van der Waals surface area (Å²) in [5, 5.41) is 4.20. The second-order valence-electron chi connectivity index (χ2n) is 7.80. The molecule has 0 radical (unpaired) electrons. The van der Waals surface area contributed by atoms with Crippen molar-refractivity contribution in [2.45, 2.75) is 38.1 Å². The van der Waals surface area contributed by atoms with E-state index in [1.54, 1.807) is 52.3 Å². The molecule has 1 saturated heterocycles. The molecule has 2 aromatic rings. The number of nitrogens with two attached hydrogens (primary N) is 1. The Labute approximate surface area is 157 Å². The molecule has 3 rings (SSSR count). The molecular weight excluding hydrogens is 351 g/mol. The second kappa shape index (κ2) is 6.75. The van der Waals surface area contributed by atoms with Crippen LogP contribution in [-0.4, -0.2) is 52.2 Å². The minimum absolute atomic E-state index is 0.0937. The third-order valence-corrected chi connectivity index (χ3v) is 4.34. The van der Waals surface area contributed by atoms with Crippen LogP contribution in [0.15, 0.2) is 36.7 Å². The number of likely N-dealkylation sites (tertiary alicyclic amines) is 1. The van der Waals surface area contributed by atoms with Crippen molar-refractivity contribution in [3.8, 4) is 5.75 Å². The Kier molecular flexibility index (Phi) is 4.75. The summed E-state index contributed by atoms with van der Waals surface area (Å²) in [6.45, 7) is 5.14. The van der Waals surface area contributed by atoms with E-state index in [2.05, 4.69) is 5.10 Å². The van der Waals surface area contributed by atoms with Gasteiger partial charge in [0.2, 0.25) is 0 Å². The van der Waals surface area contributed by atoms with Crippen LogP contribution >= 0.6 is 0 Å². The normalized spacial score (nSPS) is 17.1. The highest BCUT2D eigenvalue weighted by molar-refractivity contribution is 5.70. The van der Waals surface area contributed by atoms with Crippen molar-refractivity contribution in [2.24, 2.45) is 0 Å². The molecule has 2 heterocycles. The third-order valence-electron chi connectivity index (χ3n) is 4.34. The standard InChI is InChI=1S/C19H25FN4O3/c1-18(2,3)27-17(25)23-11-19(20,12-23)16(24-10-14(21)9-22-24)13-6-5-7-15(8-13)26-4/h5-10,16H,11-12,21H2,1-4H3. The minimum atomic E-state index is -1.71. The zero-order valence-corrected chi connectivity index (χ0v) is 16.0. The molecule has 146 valence electrons. The fraction of sp³-hybridized carbons (Fsp3) is 0.474. The first kappa shape index (κ1) is 19.0. The number of rotatable bonds is 4. The molecular formula is C19H25FN4O3. The molecule has 0 aliphatic carbocycles. The van der Waals surface area contributed by atoms with Gasteiger partial charge in [0.15, 0.2) is 5.67 Å². The van der Waals surface area contributed by atoms with E-state index in [1.807, 2.05) is 6.07 Å². The molecule has 0 bridgehead atoms. The number of nitrogens with zero attached hydrogens (tertiary/aromatic N) is 3. The van der Waals surface area contributed by atoms with Crippen LogP contribution in [0.2, 0.25) is 0 Å². The van der Waals surface area contributed by atoms with E-state index in [9.17, 15) is 4.79 Å². The fourth-order valence-corrected chi connectivity index (χ4v) is 3.21. The van der Waals surface area contributed by atoms with E-state index in [0.717, 1.165) is 0 Å². The smallest absolute Gasteiger partial charge is 0.410 e. The molecule has 1 amide bonds. The lowest BCUT2D eigenvalue weighted by Gasteiger charge is -2.48. The number of benzene rings is 1. The number of hydrogen-bond acceptors (Lipinski definition) is 5. The summed E-state index contributed by atoms with van der Waals surface area (Å²) in [6, 6.07) is 6.41. The fourth-order valence-electron chi connectivity index (χ4n) is 3.21. The van der Waals surface area contributed by atoms with Crippen LogP contribution in [0.4, 0.5) is 14.9 Å². The molecule has 1 fully saturated rings. The van der Waals surface area contributed by atoms with Gasteiger partial charge in [0, 0.05) is 6.20 Å². The van der Waals surface area contributed by atoms with Crippen LogP contribution in [0, 0.1) is 0 Å². The Balaban J connectivity index is 1.87. The molecule has 0 spiro atoms. The maximum absolute atomic E-state index is 15.8. The SMILES string of the molecule is COc1cccc(C(n2cc(N)cn2)C2(F)CN(C(=O)OC(C)(C)C)C2)c1. The number of alkyl halides is 1. The van der Waals surface area contributed by atoms with Crippen LogP contribution < -0.4 is 10.5 Å². The van der Waals surface area contributed by atoms with E-state index in [-0.39, 0.29) is 13.1 Å². The zero-order chi connectivity index (χ0) is 19.8. The summed E-state index contributed by atoms with van der Waals surface area (Å²) in [5.41, 5.74) is 4.57. The lowest BCUT2D eigenvalue weighted by Crippen LogP contribution is -2.65. The Hall–Kier alpha value is -2.77. The highest BCUT2D eigenvalue weighted by Gasteiger charge is 2.54. The van der Waals surface area contributed by atoms with Crippen molar-refractivity contribution < 1.29 is 18.7 Å². The van der Waals surface area contributed by atoms with Gasteiger partial charge in [-0.1, -0.05) is 12.1 Å². The number of nitrogen functional groups attached to an aromatic ring is 1. The summed E-state index contributed by atoms with van der Waals surface area (Å²) < 4.78 is 27.9. The molecule has 1 aromatic heterocycles. The maximum Gasteiger partial charge on any atom is 0.410 e. The van der Waals surface area contributed by atoms with E-state index in [1.165, 1.54) is 15.8 Å². The van der Waals surface area contributed by atoms with Gasteiger partial charge in [-0.25, -0.2) is 9.18 Å². The maximum atomic E-state index is 15.8. The number of methoxy groups -OCH3 is 1. The number of ether oxygens (including phenoxy) is 2. The first-order valence-electron chi connectivity index (χ1n) is 8.72. The van der Waals surface area contributed by atoms with Crippen molar-refractivity contribution in [2.75, 3.05) is 25.9 Å². The summed E-state index contributed by atoms with van der Waals surface area (Å²) >= 11 is 0. The van der Waals surface area contributed by atoms with Gasteiger partial charge in [-0.15, -0.1) is 0 Å². The molecule has 0 saturated carbocycles. The Morgan fingerprint density at radius 3 is 2.63 bits per heavy atom. The van der Waals surface area contributed by atoms with Crippen molar-refractivity contribution >= 4 is 11.8 Å². The number of amides is 1. The van der Waals surface area contributed by atoms with Gasteiger partial charge in [-0.2, -0.15) is 5.10 Å². The summed E-state index contributed by atoms with van der Waals surface area (Å²) in [5.74, 6) is 0.615. The first-order chi connectivity index (χ1) is 12.6. The van der Waals surface area contributed by atoms with Crippen molar-refractivity contribution in [3.05, 3.63) is 42.2 Å². The Morgan fingerprint density at radius 1 is 1.37 bits per heavy atom. The summed E-state index contributed by atoms with van der Waals surface area (Å²) in [6.07, 6.45) is 2.53. The van der Waals surface area contributed by atoms with Gasteiger partial charge in [0.1, 0.15) is 17.4 Å². The topological polar surface area (TPSA) is 82.6 Å². The highest BCUT2D eigenvalue weighted by atomic mass is 19.1. The molecule has 27 heavy (non-hydrogen) atoms. The van der Waals surface area contributed by atoms with Crippen LogP contribution in [0.1, 0.15) is 32.4 Å². The molecule has 2 N–H and O–H groups in total. The van der Waals surface area contributed by atoms with Gasteiger partial charge in [0.25, 0.3) is 0 Å². The third kappa shape index (κ3) is 3.99. The van der Waals surface area contributed by atoms with Crippen LogP contribution in [0.25, 0.3) is 0 Å². The second-order valence-corrected chi connectivity index (χ2v) is 7.80. The number of halogens is 1. The highest BCUT2D eigenvalue weighted by Crippen LogP contribution is 2.41. The van der Waals surface area contributed by atoms with Crippen LogP contribution in [-0.2, 0) is 4.74 Å². The first-order valence-corrected chi connectivity index (χ1v) is 8.72. The number of aromatic nitrogens is 2. The molecule has 1 aliphatic rings. The van der Waals surface area contributed by atoms with Crippen LogP contribution in [0.3, 0.4) is 0 Å². The monoisotopic (exact) mass is 376 g/mol. The van der Waals surface area contributed by atoms with E-state index in [0.29, 0.717) is 17.0 Å². The van der Waals surface area contributed by atoms with Crippen LogP contribution in [0.5, 0.6) is 5.75 Å². The van der Waals surface area contributed by atoms with Gasteiger partial charge < -0.3 is 20.1 Å². The average Bonchev–Trinajstić information content (AvgIpc) is 2.97. The van der Waals surface area contributed by atoms with E-state index >= 15 is 4.39 Å². The predicted octanol–water partition coefficient (Wildman–Crippen LogP) is 3.02. The molecule has 1 atom stereocenters. The lowest BCUT2D eigenvalue weighted by atomic mass is 9.84. The Bertz CT molecular complexity index is 824. The van der Waals surface area contributed by atoms with Crippen molar-refractivity contribution in [1.29, 1.82) is 0 Å². The summed E-state index contributed by atoms with van der Waals surface area (Å²) in [4.78, 5) is 13.6. The zero-order valence-electron chi connectivity index (χ0n) is 16.0. The van der Waals surface area contributed by atoms with Crippen molar-refractivity contribution in [1.82, 2.24) is 14.7 Å². The van der Waals surface area contributed by atoms with Gasteiger partial charge in [-0.3, -0.25) is 4.68 Å². The van der Waals surface area contributed by atoms with Crippen molar-refractivity contribution in [3.63, 3.8) is 0 Å². The molecule has 1 unspecified atom stereocenters. The Morgan fingerprint density at radius 2 is 2.07 bits per heavy atom. The van der Waals surface area contributed by atoms with E-state index < -0.39 is 23.4 Å². The largest absolute Gasteiger partial charge is 0.497 e. The molecule has 1 aliphatic heterocycles. The predicted molar refractivity (Wildman–Crippen MR) is 99.4 cm³/mol. The number of hydrogen-bond donors (Lipinski definition) is 1. The number of carbonyl (C=O) groups excluding carboxylic acids is 1. The molecule has 8 heteroatoms. The summed E-state index contributed by atoms with van der Waals surface area (Å²) in [7, 11) is 1.55. The molecule has 1 aromatic carbocycles. The number of anilines is 1.